The molecule has 2 heterocycles. The first-order chi connectivity index (χ1) is 18.4. The molecule has 1 saturated heterocycles. The summed E-state index contributed by atoms with van der Waals surface area (Å²) in [5, 5.41) is 13.7. The summed E-state index contributed by atoms with van der Waals surface area (Å²) in [7, 11) is 0. The highest BCUT2D eigenvalue weighted by atomic mass is 19.1. The molecule has 0 radical (unpaired) electrons. The van der Waals surface area contributed by atoms with Crippen LogP contribution in [0.5, 0.6) is 0 Å². The van der Waals surface area contributed by atoms with E-state index >= 15 is 0 Å². The average Bonchev–Trinajstić information content (AvgIpc) is 3.39. The zero-order chi connectivity index (χ0) is 28.1. The number of nitrogens with one attached hydrogen (secondary N) is 2. The van der Waals surface area contributed by atoms with E-state index in [0.29, 0.717) is 36.0 Å². The Morgan fingerprint density at radius 3 is 2.46 bits per heavy atom. The third-order valence-corrected chi connectivity index (χ3v) is 7.47. The summed E-state index contributed by atoms with van der Waals surface area (Å²) >= 11 is 0. The smallest absolute Gasteiger partial charge is 0.411 e. The highest BCUT2D eigenvalue weighted by molar-refractivity contribution is 5.92. The molecule has 1 aromatic heterocycles. The van der Waals surface area contributed by atoms with Gasteiger partial charge in [0, 0.05) is 24.5 Å². The van der Waals surface area contributed by atoms with Crippen molar-refractivity contribution in [1.82, 2.24) is 15.2 Å². The number of amides is 2. The summed E-state index contributed by atoms with van der Waals surface area (Å²) in [4.78, 5) is 29.9. The molecule has 10 heteroatoms. The fraction of sp³-hybridized carbons (Fsp3) is 0.448. The van der Waals surface area contributed by atoms with Gasteiger partial charge in [0.15, 0.2) is 0 Å². The van der Waals surface area contributed by atoms with Crippen molar-refractivity contribution in [2.24, 2.45) is 5.92 Å². The first kappa shape index (κ1) is 27.1. The van der Waals surface area contributed by atoms with Crippen LogP contribution in [0.15, 0.2) is 36.4 Å². The number of carbonyl (C=O) groups excluding carboxylic acids is 2. The number of hydrogen-bond acceptors (Lipinski definition) is 4. The number of ether oxygens (including phenoxy) is 1. The number of hydrogen-bond donors (Lipinski definition) is 3. The second-order valence-electron chi connectivity index (χ2n) is 11.5. The van der Waals surface area contributed by atoms with Gasteiger partial charge in [-0.15, -0.1) is 0 Å². The van der Waals surface area contributed by atoms with Crippen LogP contribution in [0.3, 0.4) is 0 Å². The fourth-order valence-corrected chi connectivity index (χ4v) is 5.61. The number of carbonyl (C=O) groups is 2. The molecule has 1 saturated carbocycles. The van der Waals surface area contributed by atoms with Crippen molar-refractivity contribution in [3.63, 3.8) is 0 Å². The molecule has 5 rings (SSSR count). The third kappa shape index (κ3) is 5.48. The van der Waals surface area contributed by atoms with Crippen LogP contribution in [0.25, 0.3) is 22.2 Å². The van der Waals surface area contributed by atoms with Gasteiger partial charge in [-0.25, -0.2) is 18.0 Å². The Hall–Kier alpha value is -3.53. The summed E-state index contributed by atoms with van der Waals surface area (Å²) in [6.07, 6.45) is -0.0377. The molecule has 1 aliphatic heterocycles. The zero-order valence-electron chi connectivity index (χ0n) is 22.1. The van der Waals surface area contributed by atoms with E-state index in [1.807, 2.05) is 0 Å². The van der Waals surface area contributed by atoms with Crippen molar-refractivity contribution in [2.45, 2.75) is 63.7 Å². The van der Waals surface area contributed by atoms with Gasteiger partial charge in [-0.1, -0.05) is 0 Å². The Morgan fingerprint density at radius 1 is 1.10 bits per heavy atom. The van der Waals surface area contributed by atoms with E-state index < -0.39 is 47.2 Å². The van der Waals surface area contributed by atoms with Crippen molar-refractivity contribution >= 4 is 22.9 Å². The molecule has 2 fully saturated rings. The van der Waals surface area contributed by atoms with Gasteiger partial charge in [0.2, 0.25) is 5.91 Å². The number of likely N-dealkylation sites (tertiary alicyclic amines) is 1. The van der Waals surface area contributed by atoms with Crippen molar-refractivity contribution in [1.29, 1.82) is 0 Å². The standard InChI is InChI=1S/C29H32F3N3O4/c1-29(2,3)39-28(38)35-9-8-22(36)26(35)27(37)33-14-15-10-17(11-15)23-20-12-19(31)13-21(32)25(20)34-24(23)16-4-6-18(30)7-5-16/h4-7,12-13,15,17,22,26,34,36H,8-11,14H2,1-3H3,(H,33,37)/t15-,17-,22-,26-/m0/s1. The van der Waals surface area contributed by atoms with E-state index in [9.17, 15) is 27.9 Å². The second kappa shape index (κ2) is 10.2. The molecule has 2 aromatic carbocycles. The number of benzene rings is 2. The largest absolute Gasteiger partial charge is 0.444 e. The van der Waals surface area contributed by atoms with Gasteiger partial charge < -0.3 is 20.1 Å². The summed E-state index contributed by atoms with van der Waals surface area (Å²) < 4.78 is 47.7. The highest BCUT2D eigenvalue weighted by Crippen LogP contribution is 2.48. The van der Waals surface area contributed by atoms with E-state index in [4.69, 9.17) is 4.74 Å². The minimum atomic E-state index is -1.03. The molecule has 208 valence electrons. The molecule has 1 aliphatic carbocycles. The first-order valence-electron chi connectivity index (χ1n) is 13.1. The molecule has 3 N–H and O–H groups in total. The molecule has 0 spiro atoms. The van der Waals surface area contributed by atoms with Crippen LogP contribution in [0, 0.1) is 23.4 Å². The van der Waals surface area contributed by atoms with E-state index in [1.54, 1.807) is 32.9 Å². The molecule has 0 unspecified atom stereocenters. The predicted octanol–water partition coefficient (Wildman–Crippen LogP) is 5.23. The van der Waals surface area contributed by atoms with Crippen LogP contribution in [0.1, 0.15) is 51.5 Å². The van der Waals surface area contributed by atoms with E-state index in [0.717, 1.165) is 11.6 Å². The minimum absolute atomic E-state index is 0.0303. The van der Waals surface area contributed by atoms with Gasteiger partial charge in [-0.3, -0.25) is 9.69 Å². The van der Waals surface area contributed by atoms with Crippen LogP contribution >= 0.6 is 0 Å². The minimum Gasteiger partial charge on any atom is -0.444 e. The third-order valence-electron chi connectivity index (χ3n) is 7.47. The Labute approximate surface area is 224 Å². The van der Waals surface area contributed by atoms with Crippen molar-refractivity contribution in [3.8, 4) is 11.3 Å². The SMILES string of the molecule is CC(C)(C)OC(=O)N1CC[C@H](O)[C@H]1C(=O)NC[C@H]1C[C@H](c2c(-c3ccc(F)cc3)[nH]c3c(F)cc(F)cc32)C1. The van der Waals surface area contributed by atoms with Crippen molar-refractivity contribution in [3.05, 3.63) is 59.4 Å². The van der Waals surface area contributed by atoms with E-state index in [2.05, 4.69) is 10.3 Å². The lowest BCUT2D eigenvalue weighted by molar-refractivity contribution is -0.128. The first-order valence-corrected chi connectivity index (χ1v) is 13.1. The zero-order valence-corrected chi connectivity index (χ0v) is 22.1. The lowest BCUT2D eigenvalue weighted by atomic mass is 9.70. The lowest BCUT2D eigenvalue weighted by Crippen LogP contribution is -2.52. The van der Waals surface area contributed by atoms with Crippen LogP contribution in [-0.2, 0) is 9.53 Å². The quantitative estimate of drug-likeness (QED) is 0.411. The van der Waals surface area contributed by atoms with Crippen molar-refractivity contribution < 1.29 is 32.6 Å². The molecule has 7 nitrogen and oxygen atoms in total. The topological polar surface area (TPSA) is 94.7 Å². The number of aliphatic hydroxyl groups is 1. The van der Waals surface area contributed by atoms with E-state index in [-0.39, 0.29) is 30.3 Å². The molecule has 2 atom stereocenters. The maximum atomic E-state index is 14.6. The number of aromatic nitrogens is 1. The Kier molecular flexibility index (Phi) is 7.09. The van der Waals surface area contributed by atoms with Gasteiger partial charge in [0.1, 0.15) is 29.1 Å². The summed E-state index contributed by atoms with van der Waals surface area (Å²) in [6, 6.07) is 6.93. The van der Waals surface area contributed by atoms with Gasteiger partial charge in [0.05, 0.1) is 17.3 Å². The van der Waals surface area contributed by atoms with Crippen LogP contribution < -0.4 is 5.32 Å². The molecular formula is C29H32F3N3O4. The van der Waals surface area contributed by atoms with Crippen molar-refractivity contribution in [2.75, 3.05) is 13.1 Å². The lowest BCUT2D eigenvalue weighted by Gasteiger charge is -2.37. The Bertz CT molecular complexity index is 1390. The molecular weight excluding hydrogens is 511 g/mol. The van der Waals surface area contributed by atoms with Crippen LogP contribution in [-0.4, -0.2) is 57.8 Å². The highest BCUT2D eigenvalue weighted by Gasteiger charge is 2.43. The average molecular weight is 544 g/mol. The van der Waals surface area contributed by atoms with Gasteiger partial charge in [-0.2, -0.15) is 0 Å². The van der Waals surface area contributed by atoms with Gasteiger partial charge in [-0.05, 0) is 93.3 Å². The number of aliphatic hydroxyl groups excluding tert-OH is 1. The maximum Gasteiger partial charge on any atom is 0.411 e. The second-order valence-corrected chi connectivity index (χ2v) is 11.5. The molecule has 39 heavy (non-hydrogen) atoms. The number of fused-ring (bicyclic) bond motifs is 1. The molecule has 0 bridgehead atoms. The number of rotatable bonds is 5. The Morgan fingerprint density at radius 2 is 1.79 bits per heavy atom. The predicted molar refractivity (Wildman–Crippen MR) is 139 cm³/mol. The number of aromatic amines is 1. The van der Waals surface area contributed by atoms with Gasteiger partial charge in [0.25, 0.3) is 0 Å². The monoisotopic (exact) mass is 543 g/mol. The summed E-state index contributed by atoms with van der Waals surface area (Å²) in [5.41, 5.74) is 1.51. The number of H-pyrrole nitrogens is 1. The van der Waals surface area contributed by atoms with Crippen LogP contribution in [0.2, 0.25) is 0 Å². The van der Waals surface area contributed by atoms with E-state index in [1.165, 1.54) is 23.1 Å². The maximum absolute atomic E-state index is 14.6. The van der Waals surface area contributed by atoms with Crippen LogP contribution in [0.4, 0.5) is 18.0 Å². The number of halogens is 3. The normalized spacial score (nSPS) is 23.1. The molecule has 3 aromatic rings. The number of nitrogens with zero attached hydrogens (tertiary/aromatic N) is 1. The summed E-state index contributed by atoms with van der Waals surface area (Å²) in [5.74, 6) is -2.16. The van der Waals surface area contributed by atoms with Gasteiger partial charge >= 0.3 is 6.09 Å². The fourth-order valence-electron chi connectivity index (χ4n) is 5.61. The molecule has 2 amide bonds. The Balaban J connectivity index is 1.28. The molecule has 2 aliphatic rings. The summed E-state index contributed by atoms with van der Waals surface area (Å²) in [6.45, 7) is 5.75.